The minimum atomic E-state index is -0.891. The van der Waals surface area contributed by atoms with Crippen molar-refractivity contribution in [1.82, 2.24) is 5.32 Å². The van der Waals surface area contributed by atoms with Crippen molar-refractivity contribution in [3.63, 3.8) is 0 Å². The average molecular weight is 705 g/mol. The molecule has 4 amide bonds. The molecule has 4 aromatic carbocycles. The van der Waals surface area contributed by atoms with Crippen LogP contribution >= 0.6 is 22.6 Å². The molecule has 1 fully saturated rings. The number of ether oxygens (including phenoxy) is 3. The van der Waals surface area contributed by atoms with Gasteiger partial charge in [-0.15, -0.1) is 0 Å². The molecule has 10 heteroatoms. The molecule has 4 aromatic rings. The number of aryl methyl sites for hydroxylation is 1. The predicted molar refractivity (Wildman–Crippen MR) is 175 cm³/mol. The predicted octanol–water partition coefficient (Wildman–Crippen LogP) is 6.57. The third kappa shape index (κ3) is 6.30. The van der Waals surface area contributed by atoms with Gasteiger partial charge in [0.2, 0.25) is 0 Å². The van der Waals surface area contributed by atoms with Gasteiger partial charge in [-0.3, -0.25) is 14.9 Å². The summed E-state index contributed by atoms with van der Waals surface area (Å²) in [5, 5.41) is 4.45. The van der Waals surface area contributed by atoms with Gasteiger partial charge in [0.15, 0.2) is 11.5 Å². The Hall–Kier alpha value is -4.71. The number of carbonyl (C=O) groups excluding carboxylic acids is 4. The standard InChI is InChI=1S/C34H29IN2O7/c1-4-42-29-18-21(17-28(35)30(29)44-19-27-20(3)10-11-22-8-6-7-9-25(22)27)16-26-31(38)36-34(41)37(32(26)39)24-14-12-23(13-15-24)33(40)43-5-2/h6-18H,4-5,19H2,1-3H3,(H,36,38,41)/b26-16+. The van der Waals surface area contributed by atoms with E-state index in [9.17, 15) is 19.2 Å². The molecule has 9 nitrogen and oxygen atoms in total. The molecule has 1 aliphatic rings. The fraction of sp³-hybridized carbons (Fsp3) is 0.176. The Labute approximate surface area is 267 Å². The molecule has 0 bridgehead atoms. The van der Waals surface area contributed by atoms with Crippen LogP contribution in [0.15, 0.2) is 78.4 Å². The summed E-state index contributed by atoms with van der Waals surface area (Å²) in [6, 6.07) is 20.6. The smallest absolute Gasteiger partial charge is 0.338 e. The summed E-state index contributed by atoms with van der Waals surface area (Å²) >= 11 is 2.13. The summed E-state index contributed by atoms with van der Waals surface area (Å²) in [5.74, 6) is -1.15. The molecule has 0 saturated carbocycles. The van der Waals surface area contributed by atoms with Crippen molar-refractivity contribution in [2.45, 2.75) is 27.4 Å². The van der Waals surface area contributed by atoms with E-state index in [0.29, 0.717) is 33.8 Å². The van der Waals surface area contributed by atoms with Crippen molar-refractivity contribution in [2.24, 2.45) is 0 Å². The lowest BCUT2D eigenvalue weighted by atomic mass is 10.0. The molecule has 0 aromatic heterocycles. The molecule has 44 heavy (non-hydrogen) atoms. The number of urea groups is 1. The lowest BCUT2D eigenvalue weighted by Crippen LogP contribution is -2.54. The van der Waals surface area contributed by atoms with E-state index in [0.717, 1.165) is 26.8 Å². The Morgan fingerprint density at radius 3 is 2.41 bits per heavy atom. The van der Waals surface area contributed by atoms with Crippen molar-refractivity contribution < 1.29 is 33.4 Å². The third-order valence-electron chi connectivity index (χ3n) is 7.02. The van der Waals surface area contributed by atoms with Gasteiger partial charge in [-0.2, -0.15) is 0 Å². The molecule has 1 aliphatic heterocycles. The zero-order valence-corrected chi connectivity index (χ0v) is 26.5. The number of nitrogens with one attached hydrogen (secondary N) is 1. The minimum Gasteiger partial charge on any atom is -0.490 e. The average Bonchev–Trinajstić information content (AvgIpc) is 3.00. The Morgan fingerprint density at radius 1 is 0.932 bits per heavy atom. The van der Waals surface area contributed by atoms with E-state index in [1.807, 2.05) is 26.0 Å². The fourth-order valence-corrected chi connectivity index (χ4v) is 5.66. The van der Waals surface area contributed by atoms with Crippen LogP contribution in [0.25, 0.3) is 16.8 Å². The summed E-state index contributed by atoms with van der Waals surface area (Å²) in [7, 11) is 0. The van der Waals surface area contributed by atoms with Crippen molar-refractivity contribution in [1.29, 1.82) is 0 Å². The highest BCUT2D eigenvalue weighted by Crippen LogP contribution is 2.37. The number of amides is 4. The van der Waals surface area contributed by atoms with Crippen LogP contribution in [-0.4, -0.2) is 37.0 Å². The number of benzene rings is 4. The number of esters is 1. The molecule has 0 spiro atoms. The summed E-state index contributed by atoms with van der Waals surface area (Å²) < 4.78 is 17.9. The second-order valence-electron chi connectivity index (χ2n) is 9.86. The topological polar surface area (TPSA) is 111 Å². The van der Waals surface area contributed by atoms with Gasteiger partial charge in [-0.05, 0) is 108 Å². The Balaban J connectivity index is 1.44. The van der Waals surface area contributed by atoms with Gasteiger partial charge in [-0.25, -0.2) is 14.5 Å². The second kappa shape index (κ2) is 13.3. The van der Waals surface area contributed by atoms with Crippen LogP contribution in [0.4, 0.5) is 10.5 Å². The molecule has 1 saturated heterocycles. The summed E-state index contributed by atoms with van der Waals surface area (Å²) in [5.41, 5.74) is 2.90. The number of carbonyl (C=O) groups is 4. The highest BCUT2D eigenvalue weighted by molar-refractivity contribution is 14.1. The molecule has 0 radical (unpaired) electrons. The van der Waals surface area contributed by atoms with E-state index in [2.05, 4.69) is 52.2 Å². The van der Waals surface area contributed by atoms with Gasteiger partial charge in [0, 0.05) is 5.56 Å². The van der Waals surface area contributed by atoms with Crippen molar-refractivity contribution >= 4 is 68.9 Å². The summed E-state index contributed by atoms with van der Waals surface area (Å²) in [6.07, 6.45) is 1.41. The number of halogens is 1. The third-order valence-corrected chi connectivity index (χ3v) is 7.82. The number of fused-ring (bicyclic) bond motifs is 1. The van der Waals surface area contributed by atoms with Crippen LogP contribution in [0, 0.1) is 10.5 Å². The molecule has 0 atom stereocenters. The van der Waals surface area contributed by atoms with Crippen LogP contribution in [0.5, 0.6) is 11.5 Å². The van der Waals surface area contributed by atoms with Gasteiger partial charge in [-0.1, -0.05) is 36.4 Å². The second-order valence-corrected chi connectivity index (χ2v) is 11.0. The van der Waals surface area contributed by atoms with E-state index in [-0.39, 0.29) is 23.4 Å². The number of barbiturate groups is 1. The van der Waals surface area contributed by atoms with E-state index in [1.54, 1.807) is 19.1 Å². The number of hydrogen-bond acceptors (Lipinski definition) is 7. The van der Waals surface area contributed by atoms with Gasteiger partial charge in [0.1, 0.15) is 12.2 Å². The van der Waals surface area contributed by atoms with Crippen LogP contribution in [0.1, 0.15) is 40.9 Å². The first-order valence-corrected chi connectivity index (χ1v) is 15.0. The number of hydrogen-bond donors (Lipinski definition) is 1. The van der Waals surface area contributed by atoms with E-state index in [4.69, 9.17) is 14.2 Å². The van der Waals surface area contributed by atoms with Crippen molar-refractivity contribution in [2.75, 3.05) is 18.1 Å². The molecule has 1 heterocycles. The molecule has 0 aliphatic carbocycles. The summed E-state index contributed by atoms with van der Waals surface area (Å²) in [4.78, 5) is 51.8. The van der Waals surface area contributed by atoms with Crippen LogP contribution in [-0.2, 0) is 20.9 Å². The first-order chi connectivity index (χ1) is 21.2. The molecule has 0 unspecified atom stereocenters. The van der Waals surface area contributed by atoms with Gasteiger partial charge < -0.3 is 14.2 Å². The number of nitrogens with zero attached hydrogens (tertiary/aromatic N) is 1. The van der Waals surface area contributed by atoms with Crippen molar-refractivity contribution in [3.05, 3.63) is 104 Å². The quantitative estimate of drug-likeness (QED) is 0.0908. The maximum absolute atomic E-state index is 13.5. The largest absolute Gasteiger partial charge is 0.490 e. The lowest BCUT2D eigenvalue weighted by Gasteiger charge is -2.26. The van der Waals surface area contributed by atoms with Crippen molar-refractivity contribution in [3.8, 4) is 11.5 Å². The highest BCUT2D eigenvalue weighted by Gasteiger charge is 2.37. The van der Waals surface area contributed by atoms with E-state index < -0.39 is 23.8 Å². The first-order valence-electron chi connectivity index (χ1n) is 14.0. The minimum absolute atomic E-state index is 0.191. The van der Waals surface area contributed by atoms with Crippen LogP contribution in [0.2, 0.25) is 0 Å². The fourth-order valence-electron chi connectivity index (χ4n) is 4.87. The zero-order chi connectivity index (χ0) is 31.4. The molecular formula is C34H29IN2O7. The maximum atomic E-state index is 13.5. The zero-order valence-electron chi connectivity index (χ0n) is 24.3. The van der Waals surface area contributed by atoms with Gasteiger partial charge in [0.25, 0.3) is 11.8 Å². The molecule has 224 valence electrons. The first kappa shape index (κ1) is 30.7. The lowest BCUT2D eigenvalue weighted by molar-refractivity contribution is -0.122. The molecule has 5 rings (SSSR count). The SMILES string of the molecule is CCOC(=O)c1ccc(N2C(=O)NC(=O)/C(=C\c3cc(I)c(OCc4c(C)ccc5ccccc45)c(OCC)c3)C2=O)cc1. The highest BCUT2D eigenvalue weighted by atomic mass is 127. The maximum Gasteiger partial charge on any atom is 0.338 e. The molecule has 1 N–H and O–H groups in total. The normalized spacial score (nSPS) is 14.1. The van der Waals surface area contributed by atoms with E-state index >= 15 is 0 Å². The molecular weight excluding hydrogens is 675 g/mol. The Bertz CT molecular complexity index is 1810. The number of rotatable bonds is 9. The van der Waals surface area contributed by atoms with Gasteiger partial charge >= 0.3 is 12.0 Å². The van der Waals surface area contributed by atoms with E-state index in [1.165, 1.54) is 30.3 Å². The summed E-state index contributed by atoms with van der Waals surface area (Å²) in [6.45, 7) is 6.49. The van der Waals surface area contributed by atoms with Crippen LogP contribution in [0.3, 0.4) is 0 Å². The monoisotopic (exact) mass is 704 g/mol. The number of imide groups is 2. The van der Waals surface area contributed by atoms with Gasteiger partial charge in [0.05, 0.1) is 28.0 Å². The number of anilines is 1. The Kier molecular flexibility index (Phi) is 9.29. The van der Waals surface area contributed by atoms with Crippen LogP contribution < -0.4 is 19.7 Å². The Morgan fingerprint density at radius 2 is 1.68 bits per heavy atom.